The molecule has 0 saturated carbocycles. The van der Waals surface area contributed by atoms with E-state index in [9.17, 15) is 18.4 Å². The van der Waals surface area contributed by atoms with Gasteiger partial charge in [0.1, 0.15) is 5.69 Å². The molecule has 0 saturated heterocycles. The van der Waals surface area contributed by atoms with Crippen molar-refractivity contribution in [2.75, 3.05) is 11.9 Å². The van der Waals surface area contributed by atoms with Crippen LogP contribution in [0.2, 0.25) is 0 Å². The summed E-state index contributed by atoms with van der Waals surface area (Å²) >= 11 is 0.414. The number of hydrogen-bond donors (Lipinski definition) is 1. The van der Waals surface area contributed by atoms with Gasteiger partial charge in [-0.2, -0.15) is 8.78 Å². The number of halogens is 2. The predicted molar refractivity (Wildman–Crippen MR) is 95.6 cm³/mol. The fourth-order valence-corrected chi connectivity index (χ4v) is 2.82. The van der Waals surface area contributed by atoms with Crippen LogP contribution in [0.1, 0.15) is 5.69 Å². The monoisotopic (exact) mass is 392 g/mol. The number of carbonyl (C=O) groups is 2. The number of amides is 1. The smallest absolute Gasteiger partial charge is 0.312 e. The van der Waals surface area contributed by atoms with Crippen LogP contribution in [0.3, 0.4) is 0 Å². The van der Waals surface area contributed by atoms with Crippen molar-refractivity contribution in [2.24, 2.45) is 0 Å². The molecule has 1 heterocycles. The number of para-hydroxylation sites is 1. The second-order valence-corrected chi connectivity index (χ2v) is 6.48. The minimum absolute atomic E-state index is 0.121. The standard InChI is InChI=1S/C18H14F2N2O4S/c19-18(20)27-12-7-5-11(6-8-12)21-16(23)10-25-17(24)9-14-13-3-1-2-4-15(13)26-22-14/h1-8,18H,9-10H2,(H,21,23). The number of benzene rings is 2. The zero-order valence-corrected chi connectivity index (χ0v) is 14.7. The first kappa shape index (κ1) is 18.8. The van der Waals surface area contributed by atoms with Crippen LogP contribution in [-0.2, 0) is 20.7 Å². The molecule has 140 valence electrons. The van der Waals surface area contributed by atoms with Crippen LogP contribution < -0.4 is 5.32 Å². The van der Waals surface area contributed by atoms with E-state index in [1.165, 1.54) is 24.3 Å². The van der Waals surface area contributed by atoms with Gasteiger partial charge in [0.2, 0.25) is 0 Å². The molecule has 0 spiro atoms. The highest BCUT2D eigenvalue weighted by Crippen LogP contribution is 2.26. The summed E-state index contributed by atoms with van der Waals surface area (Å²) in [5.74, 6) is -3.66. The van der Waals surface area contributed by atoms with E-state index < -0.39 is 24.2 Å². The Morgan fingerprint density at radius 2 is 1.89 bits per heavy atom. The number of esters is 1. The molecule has 27 heavy (non-hydrogen) atoms. The van der Waals surface area contributed by atoms with Crippen LogP contribution in [0, 0.1) is 0 Å². The second kappa shape index (κ2) is 8.63. The Kier molecular flexibility index (Phi) is 6.02. The van der Waals surface area contributed by atoms with E-state index in [2.05, 4.69) is 10.5 Å². The van der Waals surface area contributed by atoms with Gasteiger partial charge in [0, 0.05) is 16.0 Å². The SMILES string of the molecule is O=C(COC(=O)Cc1noc2ccccc12)Nc1ccc(SC(F)F)cc1. The molecule has 0 fully saturated rings. The van der Waals surface area contributed by atoms with Gasteiger partial charge in [-0.25, -0.2) is 0 Å². The summed E-state index contributed by atoms with van der Waals surface area (Å²) in [5, 5.41) is 7.06. The van der Waals surface area contributed by atoms with Crippen LogP contribution in [-0.4, -0.2) is 29.4 Å². The van der Waals surface area contributed by atoms with Gasteiger partial charge in [-0.3, -0.25) is 9.59 Å². The molecule has 0 unspecified atom stereocenters. The lowest BCUT2D eigenvalue weighted by Gasteiger charge is -2.07. The molecule has 3 aromatic rings. The van der Waals surface area contributed by atoms with E-state index in [1.807, 2.05) is 0 Å². The number of anilines is 1. The topological polar surface area (TPSA) is 81.4 Å². The molecule has 9 heteroatoms. The second-order valence-electron chi connectivity index (χ2n) is 5.41. The fraction of sp³-hybridized carbons (Fsp3) is 0.167. The molecule has 3 rings (SSSR count). The predicted octanol–water partition coefficient (Wildman–Crippen LogP) is 3.87. The quantitative estimate of drug-likeness (QED) is 0.486. The summed E-state index contributed by atoms with van der Waals surface area (Å²) in [6, 6.07) is 13.0. The number of fused-ring (bicyclic) bond motifs is 1. The van der Waals surface area contributed by atoms with Crippen molar-refractivity contribution in [1.82, 2.24) is 5.16 Å². The van der Waals surface area contributed by atoms with Gasteiger partial charge < -0.3 is 14.6 Å². The van der Waals surface area contributed by atoms with Gasteiger partial charge in [0.05, 0.1) is 6.42 Å². The van der Waals surface area contributed by atoms with Gasteiger partial charge in [0.15, 0.2) is 12.2 Å². The molecule has 0 aliphatic heterocycles. The summed E-state index contributed by atoms with van der Waals surface area (Å²) in [6.07, 6.45) is -0.121. The molecule has 0 atom stereocenters. The Bertz CT molecular complexity index is 944. The zero-order valence-electron chi connectivity index (χ0n) is 13.9. The van der Waals surface area contributed by atoms with Crippen LogP contribution in [0.15, 0.2) is 57.9 Å². The number of rotatable bonds is 7. The van der Waals surface area contributed by atoms with Crippen LogP contribution in [0.25, 0.3) is 11.0 Å². The van der Waals surface area contributed by atoms with Gasteiger partial charge >= 0.3 is 5.97 Å². The number of nitrogens with zero attached hydrogens (tertiary/aromatic N) is 1. The van der Waals surface area contributed by atoms with Crippen molar-refractivity contribution >= 4 is 40.3 Å². The Morgan fingerprint density at radius 1 is 1.15 bits per heavy atom. The van der Waals surface area contributed by atoms with E-state index in [1.54, 1.807) is 24.3 Å². The molecular formula is C18H14F2N2O4S. The van der Waals surface area contributed by atoms with Gasteiger partial charge in [-0.05, 0) is 36.4 Å². The lowest BCUT2D eigenvalue weighted by atomic mass is 10.2. The zero-order chi connectivity index (χ0) is 19.2. The summed E-state index contributed by atoms with van der Waals surface area (Å²) < 4.78 is 34.6. The first-order valence-corrected chi connectivity index (χ1v) is 8.73. The average Bonchev–Trinajstić information content (AvgIpc) is 3.04. The van der Waals surface area contributed by atoms with E-state index in [4.69, 9.17) is 9.26 Å². The van der Waals surface area contributed by atoms with E-state index in [-0.39, 0.29) is 6.42 Å². The van der Waals surface area contributed by atoms with Gasteiger partial charge in [-0.15, -0.1) is 0 Å². The summed E-state index contributed by atoms with van der Waals surface area (Å²) in [7, 11) is 0. The van der Waals surface area contributed by atoms with Crippen molar-refractivity contribution in [3.05, 3.63) is 54.2 Å². The molecule has 0 radical (unpaired) electrons. The van der Waals surface area contributed by atoms with Crippen molar-refractivity contribution in [2.45, 2.75) is 17.1 Å². The van der Waals surface area contributed by atoms with Crippen molar-refractivity contribution in [1.29, 1.82) is 0 Å². The van der Waals surface area contributed by atoms with Gasteiger partial charge in [0.25, 0.3) is 11.7 Å². The minimum Gasteiger partial charge on any atom is -0.455 e. The third kappa shape index (κ3) is 5.27. The Labute approximate surface area is 156 Å². The highest BCUT2D eigenvalue weighted by Gasteiger charge is 2.14. The van der Waals surface area contributed by atoms with Crippen LogP contribution in [0.5, 0.6) is 0 Å². The fourth-order valence-electron chi connectivity index (χ4n) is 2.32. The van der Waals surface area contributed by atoms with Crippen molar-refractivity contribution < 1.29 is 27.6 Å². The number of carbonyl (C=O) groups excluding carboxylic acids is 2. The van der Waals surface area contributed by atoms with E-state index in [0.717, 1.165) is 0 Å². The first-order valence-electron chi connectivity index (χ1n) is 7.85. The maximum atomic E-state index is 12.3. The molecular weight excluding hydrogens is 378 g/mol. The van der Waals surface area contributed by atoms with Crippen LogP contribution >= 0.6 is 11.8 Å². The molecule has 0 bridgehead atoms. The normalized spacial score (nSPS) is 10.9. The molecule has 1 aromatic heterocycles. The van der Waals surface area contributed by atoms with Crippen molar-refractivity contribution in [3.8, 4) is 0 Å². The van der Waals surface area contributed by atoms with Crippen LogP contribution in [0.4, 0.5) is 14.5 Å². The highest BCUT2D eigenvalue weighted by atomic mass is 32.2. The number of hydrogen-bond acceptors (Lipinski definition) is 6. The van der Waals surface area contributed by atoms with Gasteiger partial charge in [-0.1, -0.05) is 29.1 Å². The third-order valence-electron chi connectivity index (χ3n) is 3.49. The minimum atomic E-state index is -2.51. The lowest BCUT2D eigenvalue weighted by molar-refractivity contribution is -0.146. The number of alkyl halides is 2. The Hall–Kier alpha value is -2.94. The number of ether oxygens (including phenoxy) is 1. The summed E-state index contributed by atoms with van der Waals surface area (Å²) in [5.41, 5.74) is 1.41. The lowest BCUT2D eigenvalue weighted by Crippen LogP contribution is -2.21. The maximum absolute atomic E-state index is 12.3. The number of aromatic nitrogens is 1. The Morgan fingerprint density at radius 3 is 2.63 bits per heavy atom. The third-order valence-corrected chi connectivity index (χ3v) is 4.21. The maximum Gasteiger partial charge on any atom is 0.312 e. The van der Waals surface area contributed by atoms with Crippen molar-refractivity contribution in [3.63, 3.8) is 0 Å². The molecule has 0 aliphatic rings. The summed E-state index contributed by atoms with van der Waals surface area (Å²) in [6.45, 7) is -0.470. The molecule has 1 amide bonds. The molecule has 1 N–H and O–H groups in total. The summed E-state index contributed by atoms with van der Waals surface area (Å²) in [4.78, 5) is 24.1. The molecule has 2 aromatic carbocycles. The number of nitrogens with one attached hydrogen (secondary N) is 1. The average molecular weight is 392 g/mol. The Balaban J connectivity index is 1.48. The van der Waals surface area contributed by atoms with E-state index >= 15 is 0 Å². The highest BCUT2D eigenvalue weighted by molar-refractivity contribution is 7.99. The molecule has 0 aliphatic carbocycles. The largest absolute Gasteiger partial charge is 0.455 e. The van der Waals surface area contributed by atoms with E-state index in [0.29, 0.717) is 39.0 Å². The number of thioether (sulfide) groups is 1. The first-order chi connectivity index (χ1) is 13.0. The molecule has 6 nitrogen and oxygen atoms in total.